The highest BCUT2D eigenvalue weighted by Crippen LogP contribution is 2.26. The molecule has 96 valence electrons. The lowest BCUT2D eigenvalue weighted by molar-refractivity contribution is 0.249. The Morgan fingerprint density at radius 1 is 1.39 bits per heavy atom. The molecule has 1 aliphatic carbocycles. The van der Waals surface area contributed by atoms with Crippen molar-refractivity contribution in [3.63, 3.8) is 0 Å². The number of carbonyl (C=O) groups excluding carboxylic acids is 1. The van der Waals surface area contributed by atoms with E-state index in [2.05, 4.69) is 34.8 Å². The van der Waals surface area contributed by atoms with Gasteiger partial charge in [0.05, 0.1) is 0 Å². The quantitative estimate of drug-likeness (QED) is 0.786. The summed E-state index contributed by atoms with van der Waals surface area (Å²) in [6.45, 7) is 0. The summed E-state index contributed by atoms with van der Waals surface area (Å²) < 4.78 is 0. The minimum Gasteiger partial charge on any atom is -0.350 e. The van der Waals surface area contributed by atoms with Crippen molar-refractivity contribution in [1.29, 1.82) is 0 Å². The summed E-state index contributed by atoms with van der Waals surface area (Å²) in [5, 5.41) is 4.11. The monoisotopic (exact) mass is 245 g/mol. The van der Waals surface area contributed by atoms with E-state index in [9.17, 15) is 4.79 Å². The van der Waals surface area contributed by atoms with Crippen LogP contribution in [0.4, 0.5) is 4.79 Å². The number of urea groups is 1. The number of hydrogen-bond acceptors (Lipinski definition) is 2. The maximum atomic E-state index is 10.6. The Morgan fingerprint density at radius 3 is 2.89 bits per heavy atom. The van der Waals surface area contributed by atoms with Crippen molar-refractivity contribution in [3.05, 3.63) is 35.9 Å². The van der Waals surface area contributed by atoms with Gasteiger partial charge >= 0.3 is 6.03 Å². The number of primary amides is 1. The van der Waals surface area contributed by atoms with Crippen LogP contribution in [0.5, 0.6) is 0 Å². The lowest BCUT2D eigenvalue weighted by Crippen LogP contribution is -2.26. The fourth-order valence-electron chi connectivity index (χ4n) is 2.47. The maximum absolute atomic E-state index is 10.6. The largest absolute Gasteiger partial charge is 0.350 e. The first-order chi connectivity index (χ1) is 8.75. The molecular formula is C14H19N3O. The van der Waals surface area contributed by atoms with Crippen LogP contribution in [-0.4, -0.2) is 11.7 Å². The van der Waals surface area contributed by atoms with E-state index in [1.54, 1.807) is 0 Å². The van der Waals surface area contributed by atoms with Crippen molar-refractivity contribution >= 4 is 11.7 Å². The Kier molecular flexibility index (Phi) is 4.34. The van der Waals surface area contributed by atoms with Crippen LogP contribution in [0.2, 0.25) is 0 Å². The first-order valence-corrected chi connectivity index (χ1v) is 6.41. The molecule has 2 amide bonds. The first kappa shape index (κ1) is 12.6. The molecule has 18 heavy (non-hydrogen) atoms. The van der Waals surface area contributed by atoms with E-state index < -0.39 is 6.03 Å². The SMILES string of the molecule is NC(=O)N/N=C1/CCC[C@@H]1CCc1ccccc1. The molecule has 1 aliphatic rings. The van der Waals surface area contributed by atoms with E-state index >= 15 is 0 Å². The van der Waals surface area contributed by atoms with E-state index in [0.717, 1.165) is 37.8 Å². The molecule has 3 N–H and O–H groups in total. The third-order valence-corrected chi connectivity index (χ3v) is 3.39. The van der Waals surface area contributed by atoms with Gasteiger partial charge in [0.1, 0.15) is 0 Å². The van der Waals surface area contributed by atoms with E-state index in [1.165, 1.54) is 5.56 Å². The second-order valence-electron chi connectivity index (χ2n) is 4.69. The zero-order valence-corrected chi connectivity index (χ0v) is 10.4. The average Bonchev–Trinajstić information content (AvgIpc) is 2.82. The highest BCUT2D eigenvalue weighted by atomic mass is 16.2. The third kappa shape index (κ3) is 3.58. The van der Waals surface area contributed by atoms with Gasteiger partial charge in [-0.3, -0.25) is 0 Å². The number of rotatable bonds is 4. The number of nitrogens with one attached hydrogen (secondary N) is 1. The number of hydrogen-bond donors (Lipinski definition) is 2. The van der Waals surface area contributed by atoms with Crippen LogP contribution in [-0.2, 0) is 6.42 Å². The molecule has 0 bridgehead atoms. The summed E-state index contributed by atoms with van der Waals surface area (Å²) in [6, 6.07) is 9.86. The Morgan fingerprint density at radius 2 is 2.17 bits per heavy atom. The molecule has 4 heteroatoms. The van der Waals surface area contributed by atoms with Crippen molar-refractivity contribution in [3.8, 4) is 0 Å². The van der Waals surface area contributed by atoms with E-state index in [-0.39, 0.29) is 0 Å². The van der Waals surface area contributed by atoms with Gasteiger partial charge in [0.2, 0.25) is 0 Å². The summed E-state index contributed by atoms with van der Waals surface area (Å²) in [6.07, 6.45) is 5.43. The first-order valence-electron chi connectivity index (χ1n) is 6.41. The summed E-state index contributed by atoms with van der Waals surface area (Å²) in [5.41, 5.74) is 9.81. The fraction of sp³-hybridized carbons (Fsp3) is 0.429. The number of carbonyl (C=O) groups is 1. The van der Waals surface area contributed by atoms with Crippen molar-refractivity contribution in [2.45, 2.75) is 32.1 Å². The Hall–Kier alpha value is -1.84. The van der Waals surface area contributed by atoms with Gasteiger partial charge in [0.15, 0.2) is 0 Å². The Balaban J connectivity index is 1.88. The van der Waals surface area contributed by atoms with Crippen molar-refractivity contribution < 1.29 is 4.79 Å². The molecule has 0 heterocycles. The number of benzene rings is 1. The van der Waals surface area contributed by atoms with Crippen LogP contribution in [0.1, 0.15) is 31.2 Å². The van der Waals surface area contributed by atoms with Gasteiger partial charge in [-0.15, -0.1) is 0 Å². The lowest BCUT2D eigenvalue weighted by atomic mass is 9.97. The van der Waals surface area contributed by atoms with Gasteiger partial charge in [-0.2, -0.15) is 5.10 Å². The minimum absolute atomic E-state index is 0.483. The molecule has 0 unspecified atom stereocenters. The van der Waals surface area contributed by atoms with Gasteiger partial charge in [-0.25, -0.2) is 10.2 Å². The molecule has 1 atom stereocenters. The molecule has 0 aromatic heterocycles. The molecule has 0 aliphatic heterocycles. The fourth-order valence-corrected chi connectivity index (χ4v) is 2.47. The normalized spacial score (nSPS) is 21.1. The molecule has 1 saturated carbocycles. The zero-order valence-electron chi connectivity index (χ0n) is 10.4. The van der Waals surface area contributed by atoms with Crippen LogP contribution in [0.25, 0.3) is 0 Å². The highest BCUT2D eigenvalue weighted by Gasteiger charge is 2.22. The molecule has 0 spiro atoms. The van der Waals surface area contributed by atoms with Crippen LogP contribution >= 0.6 is 0 Å². The number of hydrazone groups is 1. The third-order valence-electron chi connectivity index (χ3n) is 3.39. The van der Waals surface area contributed by atoms with Gasteiger partial charge < -0.3 is 5.73 Å². The molecule has 1 fully saturated rings. The number of nitrogens with zero attached hydrogens (tertiary/aromatic N) is 1. The number of nitrogens with two attached hydrogens (primary N) is 1. The standard InChI is InChI=1S/C14H19N3O/c15-14(18)17-16-13-8-4-7-12(13)10-9-11-5-2-1-3-6-11/h1-3,5-6,12H,4,7-10H2,(H3,15,17,18)/b16-13-/t12-/m1/s1. The molecule has 1 aromatic carbocycles. The minimum atomic E-state index is -0.587. The smallest absolute Gasteiger partial charge is 0.332 e. The Labute approximate surface area is 107 Å². The van der Waals surface area contributed by atoms with Gasteiger partial charge in [0.25, 0.3) is 0 Å². The van der Waals surface area contributed by atoms with E-state index in [4.69, 9.17) is 5.73 Å². The molecule has 1 aromatic rings. The van der Waals surface area contributed by atoms with Crippen LogP contribution < -0.4 is 11.2 Å². The lowest BCUT2D eigenvalue weighted by Gasteiger charge is -2.10. The van der Waals surface area contributed by atoms with Gasteiger partial charge in [-0.1, -0.05) is 30.3 Å². The topological polar surface area (TPSA) is 67.5 Å². The average molecular weight is 245 g/mol. The van der Waals surface area contributed by atoms with Crippen LogP contribution in [0, 0.1) is 5.92 Å². The predicted octanol–water partition coefficient (Wildman–Crippen LogP) is 2.44. The van der Waals surface area contributed by atoms with Crippen LogP contribution in [0.15, 0.2) is 35.4 Å². The van der Waals surface area contributed by atoms with E-state index in [1.807, 2.05) is 6.07 Å². The van der Waals surface area contributed by atoms with Gasteiger partial charge in [0, 0.05) is 5.71 Å². The van der Waals surface area contributed by atoms with Crippen molar-refractivity contribution in [1.82, 2.24) is 5.43 Å². The van der Waals surface area contributed by atoms with Crippen molar-refractivity contribution in [2.75, 3.05) is 0 Å². The Bertz CT molecular complexity index is 428. The molecular weight excluding hydrogens is 226 g/mol. The second kappa shape index (κ2) is 6.19. The number of amides is 2. The molecule has 0 saturated heterocycles. The molecule has 2 rings (SSSR count). The van der Waals surface area contributed by atoms with E-state index in [0.29, 0.717) is 5.92 Å². The zero-order chi connectivity index (χ0) is 12.8. The number of aryl methyl sites for hydroxylation is 1. The summed E-state index contributed by atoms with van der Waals surface area (Å²) in [4.78, 5) is 10.6. The van der Waals surface area contributed by atoms with Crippen molar-refractivity contribution in [2.24, 2.45) is 16.8 Å². The maximum Gasteiger partial charge on any atom is 0.332 e. The predicted molar refractivity (Wildman–Crippen MR) is 72.3 cm³/mol. The second-order valence-corrected chi connectivity index (χ2v) is 4.69. The summed E-state index contributed by atoms with van der Waals surface area (Å²) >= 11 is 0. The van der Waals surface area contributed by atoms with Crippen LogP contribution in [0.3, 0.4) is 0 Å². The summed E-state index contributed by atoms with van der Waals surface area (Å²) in [7, 11) is 0. The molecule has 0 radical (unpaired) electrons. The summed E-state index contributed by atoms with van der Waals surface area (Å²) in [5.74, 6) is 0.483. The highest BCUT2D eigenvalue weighted by molar-refractivity contribution is 5.89. The van der Waals surface area contributed by atoms with Gasteiger partial charge in [-0.05, 0) is 43.6 Å². The molecule has 4 nitrogen and oxygen atoms in total.